The maximum Gasteiger partial charge on any atom is 0.253 e. The Morgan fingerprint density at radius 2 is 2.11 bits per heavy atom. The summed E-state index contributed by atoms with van der Waals surface area (Å²) in [5.41, 5.74) is 5.77. The van der Waals surface area contributed by atoms with Crippen LogP contribution in [0.2, 0.25) is 0 Å². The molecule has 0 aliphatic carbocycles. The summed E-state index contributed by atoms with van der Waals surface area (Å²) in [7, 11) is 0. The lowest BCUT2D eigenvalue weighted by Gasteiger charge is -2.22. The second-order valence-electron chi connectivity index (χ2n) is 5.12. The SMILES string of the molecule is CC1(CN)CCN(C(=O)c2ccc(F)c(F)c2)C1.Cl. The van der Waals surface area contributed by atoms with Crippen LogP contribution in [0.3, 0.4) is 0 Å². The highest BCUT2D eigenvalue weighted by Crippen LogP contribution is 2.29. The normalized spacial score (nSPS) is 22.2. The second kappa shape index (κ2) is 5.84. The zero-order valence-corrected chi connectivity index (χ0v) is 11.5. The number of rotatable bonds is 2. The molecule has 106 valence electrons. The molecule has 0 spiro atoms. The van der Waals surface area contributed by atoms with Crippen molar-refractivity contribution in [2.75, 3.05) is 19.6 Å². The first-order valence-corrected chi connectivity index (χ1v) is 5.90. The maximum atomic E-state index is 13.1. The molecule has 1 aromatic rings. The van der Waals surface area contributed by atoms with Crippen LogP contribution in [0.1, 0.15) is 23.7 Å². The topological polar surface area (TPSA) is 46.3 Å². The summed E-state index contributed by atoms with van der Waals surface area (Å²) in [4.78, 5) is 13.7. The molecule has 1 saturated heterocycles. The van der Waals surface area contributed by atoms with Crippen molar-refractivity contribution in [1.29, 1.82) is 0 Å². The van der Waals surface area contributed by atoms with Crippen LogP contribution in [0.15, 0.2) is 18.2 Å². The molecule has 1 atom stereocenters. The third-order valence-corrected chi connectivity index (χ3v) is 3.50. The van der Waals surface area contributed by atoms with E-state index in [4.69, 9.17) is 5.73 Å². The zero-order valence-electron chi connectivity index (χ0n) is 10.7. The molecule has 0 saturated carbocycles. The van der Waals surface area contributed by atoms with Gasteiger partial charge in [-0.1, -0.05) is 6.92 Å². The number of carbonyl (C=O) groups is 1. The van der Waals surface area contributed by atoms with Crippen molar-refractivity contribution in [2.24, 2.45) is 11.1 Å². The van der Waals surface area contributed by atoms with Crippen molar-refractivity contribution in [3.63, 3.8) is 0 Å². The standard InChI is InChI=1S/C13H16F2N2O.ClH/c1-13(7-16)4-5-17(8-13)12(18)9-2-3-10(14)11(15)6-9;/h2-3,6H,4-5,7-8,16H2,1H3;1H. The van der Waals surface area contributed by atoms with Gasteiger partial charge in [-0.25, -0.2) is 8.78 Å². The van der Waals surface area contributed by atoms with Crippen LogP contribution >= 0.6 is 12.4 Å². The molecule has 3 nitrogen and oxygen atoms in total. The van der Waals surface area contributed by atoms with Gasteiger partial charge >= 0.3 is 0 Å². The van der Waals surface area contributed by atoms with Gasteiger partial charge in [0.05, 0.1) is 0 Å². The number of amides is 1. The highest BCUT2D eigenvalue weighted by atomic mass is 35.5. The monoisotopic (exact) mass is 290 g/mol. The van der Waals surface area contributed by atoms with Gasteiger partial charge in [-0.3, -0.25) is 4.79 Å². The number of likely N-dealkylation sites (tertiary alicyclic amines) is 1. The Morgan fingerprint density at radius 3 is 2.63 bits per heavy atom. The number of hydrogen-bond acceptors (Lipinski definition) is 2. The van der Waals surface area contributed by atoms with Crippen molar-refractivity contribution in [3.8, 4) is 0 Å². The molecular weight excluding hydrogens is 274 g/mol. The van der Waals surface area contributed by atoms with Crippen LogP contribution in [0, 0.1) is 17.0 Å². The summed E-state index contributed by atoms with van der Waals surface area (Å²) < 4.78 is 25.9. The van der Waals surface area contributed by atoms with E-state index in [9.17, 15) is 13.6 Å². The molecule has 1 aliphatic rings. The summed E-state index contributed by atoms with van der Waals surface area (Å²) in [6, 6.07) is 3.22. The second-order valence-corrected chi connectivity index (χ2v) is 5.12. The van der Waals surface area contributed by atoms with E-state index in [1.807, 2.05) is 6.92 Å². The van der Waals surface area contributed by atoms with Crippen LogP contribution in [0.5, 0.6) is 0 Å². The molecule has 1 fully saturated rings. The van der Waals surface area contributed by atoms with E-state index in [-0.39, 0.29) is 29.3 Å². The molecule has 0 aromatic heterocycles. The minimum Gasteiger partial charge on any atom is -0.338 e. The molecule has 0 bridgehead atoms. The van der Waals surface area contributed by atoms with Crippen LogP contribution < -0.4 is 5.73 Å². The van der Waals surface area contributed by atoms with E-state index in [0.717, 1.165) is 18.6 Å². The van der Waals surface area contributed by atoms with E-state index in [1.54, 1.807) is 4.90 Å². The Labute approximate surface area is 117 Å². The summed E-state index contributed by atoms with van der Waals surface area (Å²) in [6.07, 6.45) is 0.832. The first kappa shape index (κ1) is 15.9. The smallest absolute Gasteiger partial charge is 0.253 e. The Kier molecular flexibility index (Phi) is 4.87. The molecule has 2 rings (SSSR count). The first-order chi connectivity index (χ1) is 8.45. The molecular formula is C13H17ClF2N2O. The molecule has 1 heterocycles. The molecule has 2 N–H and O–H groups in total. The lowest BCUT2D eigenvalue weighted by molar-refractivity contribution is 0.0776. The van der Waals surface area contributed by atoms with E-state index < -0.39 is 11.6 Å². The van der Waals surface area contributed by atoms with Gasteiger partial charge in [0.2, 0.25) is 0 Å². The van der Waals surface area contributed by atoms with Gasteiger partial charge in [0, 0.05) is 18.7 Å². The predicted molar refractivity (Wildman–Crippen MR) is 71.3 cm³/mol. The quantitative estimate of drug-likeness (QED) is 0.907. The molecule has 1 unspecified atom stereocenters. The third-order valence-electron chi connectivity index (χ3n) is 3.50. The average Bonchev–Trinajstić information content (AvgIpc) is 2.75. The lowest BCUT2D eigenvalue weighted by atomic mass is 9.90. The van der Waals surface area contributed by atoms with Crippen molar-refractivity contribution in [3.05, 3.63) is 35.4 Å². The van der Waals surface area contributed by atoms with Gasteiger partial charge in [0.25, 0.3) is 5.91 Å². The highest BCUT2D eigenvalue weighted by molar-refractivity contribution is 5.94. The third kappa shape index (κ3) is 3.22. The largest absolute Gasteiger partial charge is 0.338 e. The van der Waals surface area contributed by atoms with E-state index in [0.29, 0.717) is 19.6 Å². The van der Waals surface area contributed by atoms with Gasteiger partial charge < -0.3 is 10.6 Å². The average molecular weight is 291 g/mol. The molecule has 1 aliphatic heterocycles. The summed E-state index contributed by atoms with van der Waals surface area (Å²) >= 11 is 0. The van der Waals surface area contributed by atoms with Gasteiger partial charge in [0.15, 0.2) is 11.6 Å². The Balaban J connectivity index is 0.00000180. The fraction of sp³-hybridized carbons (Fsp3) is 0.462. The van der Waals surface area contributed by atoms with Crippen molar-refractivity contribution >= 4 is 18.3 Å². The van der Waals surface area contributed by atoms with E-state index in [1.165, 1.54) is 6.07 Å². The van der Waals surface area contributed by atoms with Crippen molar-refractivity contribution < 1.29 is 13.6 Å². The summed E-state index contributed by atoms with van der Waals surface area (Å²) in [5, 5.41) is 0. The molecule has 19 heavy (non-hydrogen) atoms. The number of hydrogen-bond donors (Lipinski definition) is 1. The minimum atomic E-state index is -0.998. The van der Waals surface area contributed by atoms with E-state index in [2.05, 4.69) is 0 Å². The zero-order chi connectivity index (χ0) is 13.3. The van der Waals surface area contributed by atoms with Crippen molar-refractivity contribution in [1.82, 2.24) is 4.90 Å². The van der Waals surface area contributed by atoms with Gasteiger partial charge in [-0.05, 0) is 36.6 Å². The maximum absolute atomic E-state index is 13.1. The Morgan fingerprint density at radius 1 is 1.42 bits per heavy atom. The van der Waals surface area contributed by atoms with Gasteiger partial charge in [0.1, 0.15) is 0 Å². The molecule has 6 heteroatoms. The fourth-order valence-electron chi connectivity index (χ4n) is 2.18. The predicted octanol–water partition coefficient (Wildman–Crippen LogP) is 2.20. The number of halogens is 3. The number of benzene rings is 1. The summed E-state index contributed by atoms with van der Waals surface area (Å²) in [6.45, 7) is 3.69. The minimum absolute atomic E-state index is 0. The van der Waals surface area contributed by atoms with Crippen LogP contribution in [-0.2, 0) is 0 Å². The number of nitrogens with two attached hydrogens (primary N) is 1. The summed E-state index contributed by atoms with van der Waals surface area (Å²) in [5.74, 6) is -2.22. The molecule has 1 amide bonds. The lowest BCUT2D eigenvalue weighted by Crippen LogP contribution is -2.34. The van der Waals surface area contributed by atoms with Gasteiger partial charge in [-0.2, -0.15) is 0 Å². The van der Waals surface area contributed by atoms with E-state index >= 15 is 0 Å². The van der Waals surface area contributed by atoms with Crippen LogP contribution in [-0.4, -0.2) is 30.4 Å². The fourth-order valence-corrected chi connectivity index (χ4v) is 2.18. The Hall–Kier alpha value is -1.20. The Bertz CT molecular complexity index is 484. The highest BCUT2D eigenvalue weighted by Gasteiger charge is 2.35. The van der Waals surface area contributed by atoms with Crippen molar-refractivity contribution in [2.45, 2.75) is 13.3 Å². The first-order valence-electron chi connectivity index (χ1n) is 5.90. The number of carbonyl (C=O) groups excluding carboxylic acids is 1. The van der Waals surface area contributed by atoms with Crippen LogP contribution in [0.25, 0.3) is 0 Å². The molecule has 0 radical (unpaired) electrons. The van der Waals surface area contributed by atoms with Crippen LogP contribution in [0.4, 0.5) is 8.78 Å². The number of nitrogens with zero attached hydrogens (tertiary/aromatic N) is 1. The molecule has 1 aromatic carbocycles. The van der Waals surface area contributed by atoms with Gasteiger partial charge in [-0.15, -0.1) is 12.4 Å².